The monoisotopic (exact) mass is 421 g/mol. The molecule has 4 amide bonds. The third-order valence-electron chi connectivity index (χ3n) is 5.19. The van der Waals surface area contributed by atoms with Gasteiger partial charge < -0.3 is 25.2 Å². The van der Waals surface area contributed by atoms with E-state index in [2.05, 4.69) is 10.6 Å². The number of carbonyl (C=O) groups excluding carboxylic acids is 3. The molecule has 166 valence electrons. The maximum atomic E-state index is 12.6. The number of hydrogen-bond acceptors (Lipinski definition) is 6. The summed E-state index contributed by atoms with van der Waals surface area (Å²) in [7, 11) is 3.10. The molecule has 0 aromatic heterocycles. The van der Waals surface area contributed by atoms with Gasteiger partial charge in [-0.15, -0.1) is 0 Å². The lowest BCUT2D eigenvalue weighted by molar-refractivity contribution is -0.127. The van der Waals surface area contributed by atoms with Gasteiger partial charge in [-0.2, -0.15) is 0 Å². The first-order chi connectivity index (χ1) is 14.3. The van der Waals surface area contributed by atoms with Gasteiger partial charge in [0.1, 0.15) is 6.04 Å². The van der Waals surface area contributed by atoms with E-state index in [1.54, 1.807) is 20.3 Å². The van der Waals surface area contributed by atoms with Crippen molar-refractivity contribution in [2.45, 2.75) is 45.2 Å². The standard InChI is InChI=1S/C21H31N3O6/c1-13(2)16(12-25)22-19(26)8-6-15-20(27)24(21(28)23-15)10-9-14-5-7-17(29-3)18(11-14)30-4/h5,7,11,13,15-16,25H,6,8-10,12H2,1-4H3,(H,22,26)(H,23,28)/t15-,16+/m0/s1. The van der Waals surface area contributed by atoms with E-state index in [0.29, 0.717) is 17.9 Å². The summed E-state index contributed by atoms with van der Waals surface area (Å²) in [5, 5.41) is 14.7. The van der Waals surface area contributed by atoms with Crippen molar-refractivity contribution in [3.63, 3.8) is 0 Å². The van der Waals surface area contributed by atoms with E-state index < -0.39 is 12.1 Å². The minimum atomic E-state index is -0.722. The van der Waals surface area contributed by atoms with Crippen molar-refractivity contribution < 1.29 is 29.0 Å². The third-order valence-corrected chi connectivity index (χ3v) is 5.19. The van der Waals surface area contributed by atoms with Gasteiger partial charge in [-0.25, -0.2) is 4.79 Å². The number of benzene rings is 1. The Labute approximate surface area is 176 Å². The molecule has 1 aromatic carbocycles. The molecule has 0 spiro atoms. The van der Waals surface area contributed by atoms with Crippen LogP contribution in [0.5, 0.6) is 11.5 Å². The summed E-state index contributed by atoms with van der Waals surface area (Å²) in [6, 6.07) is 3.93. The molecular formula is C21H31N3O6. The number of rotatable bonds is 11. The highest BCUT2D eigenvalue weighted by Gasteiger charge is 2.37. The van der Waals surface area contributed by atoms with Crippen LogP contribution >= 0.6 is 0 Å². The molecule has 1 saturated heterocycles. The van der Waals surface area contributed by atoms with Crippen molar-refractivity contribution in [1.82, 2.24) is 15.5 Å². The number of nitrogens with zero attached hydrogens (tertiary/aromatic N) is 1. The van der Waals surface area contributed by atoms with Crippen molar-refractivity contribution in [3.8, 4) is 11.5 Å². The number of aliphatic hydroxyl groups is 1. The highest BCUT2D eigenvalue weighted by molar-refractivity contribution is 6.04. The van der Waals surface area contributed by atoms with Crippen molar-refractivity contribution in [3.05, 3.63) is 23.8 Å². The molecule has 1 heterocycles. The first-order valence-corrected chi connectivity index (χ1v) is 10.0. The summed E-state index contributed by atoms with van der Waals surface area (Å²) >= 11 is 0. The topological polar surface area (TPSA) is 117 Å². The molecule has 9 nitrogen and oxygen atoms in total. The van der Waals surface area contributed by atoms with Gasteiger partial charge in [0.2, 0.25) is 5.91 Å². The molecule has 30 heavy (non-hydrogen) atoms. The quantitative estimate of drug-likeness (QED) is 0.460. The molecule has 1 aliphatic rings. The summed E-state index contributed by atoms with van der Waals surface area (Å²) in [4.78, 5) is 38.1. The molecule has 3 N–H and O–H groups in total. The molecular weight excluding hydrogens is 390 g/mol. The van der Waals surface area contributed by atoms with Crippen molar-refractivity contribution in [1.29, 1.82) is 0 Å². The second kappa shape index (κ2) is 10.8. The Morgan fingerprint density at radius 1 is 1.23 bits per heavy atom. The molecule has 9 heteroatoms. The van der Waals surface area contributed by atoms with E-state index in [9.17, 15) is 19.5 Å². The van der Waals surface area contributed by atoms with Gasteiger partial charge in [0, 0.05) is 13.0 Å². The van der Waals surface area contributed by atoms with Crippen molar-refractivity contribution in [2.75, 3.05) is 27.4 Å². The van der Waals surface area contributed by atoms with Gasteiger partial charge in [-0.1, -0.05) is 19.9 Å². The molecule has 2 rings (SSSR count). The van der Waals surface area contributed by atoms with Crippen LogP contribution in [0.3, 0.4) is 0 Å². The smallest absolute Gasteiger partial charge is 0.324 e. The molecule has 1 aliphatic heterocycles. The molecule has 0 radical (unpaired) electrons. The SMILES string of the molecule is COc1ccc(CCN2C(=O)N[C@@H](CCC(=O)N[C@H](CO)C(C)C)C2=O)cc1OC. The number of aliphatic hydroxyl groups excluding tert-OH is 1. The highest BCUT2D eigenvalue weighted by atomic mass is 16.5. The number of imide groups is 1. The molecule has 0 saturated carbocycles. The Bertz CT molecular complexity index is 767. The lowest BCUT2D eigenvalue weighted by atomic mass is 10.0. The molecule has 2 atom stereocenters. The largest absolute Gasteiger partial charge is 0.493 e. The van der Waals surface area contributed by atoms with Crippen LogP contribution in [-0.2, 0) is 16.0 Å². The fourth-order valence-corrected chi connectivity index (χ4v) is 3.24. The first-order valence-electron chi connectivity index (χ1n) is 10.0. The summed E-state index contributed by atoms with van der Waals surface area (Å²) in [5.74, 6) is 0.692. The number of urea groups is 1. The second-order valence-corrected chi connectivity index (χ2v) is 7.57. The van der Waals surface area contributed by atoms with Gasteiger partial charge in [0.05, 0.1) is 26.9 Å². The van der Waals surface area contributed by atoms with E-state index >= 15 is 0 Å². The average Bonchev–Trinajstić information content (AvgIpc) is 3.00. The van der Waals surface area contributed by atoms with Crippen LogP contribution in [-0.4, -0.2) is 67.3 Å². The average molecular weight is 421 g/mol. The maximum absolute atomic E-state index is 12.6. The summed E-state index contributed by atoms with van der Waals surface area (Å²) in [6.07, 6.45) is 0.766. The molecule has 1 fully saturated rings. The summed E-state index contributed by atoms with van der Waals surface area (Å²) < 4.78 is 10.5. The van der Waals surface area contributed by atoms with E-state index in [0.717, 1.165) is 5.56 Å². The Morgan fingerprint density at radius 2 is 1.93 bits per heavy atom. The number of hydrogen-bond donors (Lipinski definition) is 3. The predicted octanol–water partition coefficient (Wildman–Crippen LogP) is 1.08. The van der Waals surface area contributed by atoms with Gasteiger partial charge in [-0.05, 0) is 36.5 Å². The van der Waals surface area contributed by atoms with Crippen molar-refractivity contribution in [2.24, 2.45) is 5.92 Å². The first kappa shape index (κ1) is 23.5. The van der Waals surface area contributed by atoms with E-state index in [4.69, 9.17) is 9.47 Å². The van der Waals surface area contributed by atoms with Gasteiger partial charge >= 0.3 is 6.03 Å². The Kier molecular flexibility index (Phi) is 8.46. The summed E-state index contributed by atoms with van der Waals surface area (Å²) in [5.41, 5.74) is 0.903. The second-order valence-electron chi connectivity index (χ2n) is 7.57. The summed E-state index contributed by atoms with van der Waals surface area (Å²) in [6.45, 7) is 3.88. The zero-order chi connectivity index (χ0) is 22.3. The van der Waals surface area contributed by atoms with Crippen LogP contribution < -0.4 is 20.1 Å². The normalized spacial score (nSPS) is 17.1. The zero-order valence-corrected chi connectivity index (χ0v) is 17.9. The van der Waals surface area contributed by atoms with E-state index in [1.165, 1.54) is 4.90 Å². The van der Waals surface area contributed by atoms with Crippen LogP contribution in [0.2, 0.25) is 0 Å². The van der Waals surface area contributed by atoms with Crippen LogP contribution in [0.25, 0.3) is 0 Å². The van der Waals surface area contributed by atoms with Gasteiger partial charge in [0.25, 0.3) is 5.91 Å². The lowest BCUT2D eigenvalue weighted by Gasteiger charge is -2.20. The predicted molar refractivity (Wildman–Crippen MR) is 110 cm³/mol. The minimum absolute atomic E-state index is 0.0867. The zero-order valence-electron chi connectivity index (χ0n) is 17.9. The molecule has 1 aromatic rings. The van der Waals surface area contributed by atoms with Gasteiger partial charge in [-0.3, -0.25) is 14.5 Å². The maximum Gasteiger partial charge on any atom is 0.324 e. The highest BCUT2D eigenvalue weighted by Crippen LogP contribution is 2.28. The van der Waals surface area contributed by atoms with Crippen LogP contribution in [0.4, 0.5) is 4.79 Å². The van der Waals surface area contributed by atoms with Gasteiger partial charge in [0.15, 0.2) is 11.5 Å². The Balaban J connectivity index is 1.88. The number of nitrogens with one attached hydrogen (secondary N) is 2. The van der Waals surface area contributed by atoms with Crippen LogP contribution in [0, 0.1) is 5.92 Å². The number of methoxy groups -OCH3 is 2. The molecule has 0 unspecified atom stereocenters. The fraction of sp³-hybridized carbons (Fsp3) is 0.571. The Hall–Kier alpha value is -2.81. The Morgan fingerprint density at radius 3 is 2.53 bits per heavy atom. The minimum Gasteiger partial charge on any atom is -0.493 e. The molecule has 0 bridgehead atoms. The van der Waals surface area contributed by atoms with Crippen LogP contribution in [0.15, 0.2) is 18.2 Å². The number of amides is 4. The van der Waals surface area contributed by atoms with E-state index in [-0.39, 0.29) is 49.8 Å². The van der Waals surface area contributed by atoms with Crippen molar-refractivity contribution >= 4 is 17.8 Å². The number of ether oxygens (including phenoxy) is 2. The lowest BCUT2D eigenvalue weighted by Crippen LogP contribution is -2.42. The van der Waals surface area contributed by atoms with E-state index in [1.807, 2.05) is 26.0 Å². The van der Waals surface area contributed by atoms with Crippen LogP contribution in [0.1, 0.15) is 32.3 Å². The number of carbonyl (C=O) groups is 3. The fourth-order valence-electron chi connectivity index (χ4n) is 3.24. The molecule has 0 aliphatic carbocycles. The third kappa shape index (κ3) is 5.85.